The zero-order valence-corrected chi connectivity index (χ0v) is 6.79. The average molecular weight is 178 g/mol. The summed E-state index contributed by atoms with van der Waals surface area (Å²) in [5.41, 5.74) is 0. The van der Waals surface area contributed by atoms with E-state index in [4.69, 9.17) is 14.9 Å². The predicted octanol–water partition coefficient (Wildman–Crippen LogP) is -2.15. The molecule has 12 heavy (non-hydrogen) atoms. The topological polar surface area (TPSA) is 90.2 Å². The Bertz CT molecular complexity index is 151. The van der Waals surface area contributed by atoms with E-state index in [1.54, 1.807) is 6.92 Å². The molecule has 0 aromatic heterocycles. The predicted molar refractivity (Wildman–Crippen MR) is 39.4 cm³/mol. The van der Waals surface area contributed by atoms with Crippen LogP contribution in [0.1, 0.15) is 6.92 Å². The summed E-state index contributed by atoms with van der Waals surface area (Å²) in [5, 5.41) is 36.2. The normalized spacial score (nSPS) is 44.8. The van der Waals surface area contributed by atoms with Crippen LogP contribution in [0.5, 0.6) is 0 Å². The fourth-order valence-corrected chi connectivity index (χ4v) is 1.30. The number of aliphatic hydroxyl groups excluding tert-OH is 4. The van der Waals surface area contributed by atoms with Crippen molar-refractivity contribution >= 4 is 0 Å². The van der Waals surface area contributed by atoms with Crippen molar-refractivity contribution in [1.29, 1.82) is 0 Å². The second-order valence-corrected chi connectivity index (χ2v) is 3.04. The third-order valence-electron chi connectivity index (χ3n) is 2.11. The first-order valence-corrected chi connectivity index (χ1v) is 3.88. The van der Waals surface area contributed by atoms with Crippen molar-refractivity contribution in [3.05, 3.63) is 0 Å². The van der Waals surface area contributed by atoms with E-state index >= 15 is 0 Å². The lowest BCUT2D eigenvalue weighted by Gasteiger charge is -2.18. The fraction of sp³-hybridized carbons (Fsp3) is 1.00. The minimum atomic E-state index is -1.14. The molecule has 1 aliphatic heterocycles. The van der Waals surface area contributed by atoms with E-state index in [1.165, 1.54) is 0 Å². The van der Waals surface area contributed by atoms with E-state index in [0.717, 1.165) is 0 Å². The molecule has 5 heteroatoms. The molecule has 0 bridgehead atoms. The molecule has 0 aromatic carbocycles. The van der Waals surface area contributed by atoms with Crippen LogP contribution in [0.3, 0.4) is 0 Å². The first kappa shape index (κ1) is 9.88. The molecule has 1 aliphatic rings. The number of rotatable bonds is 2. The Morgan fingerprint density at radius 1 is 1.33 bits per heavy atom. The van der Waals surface area contributed by atoms with Gasteiger partial charge in [0.2, 0.25) is 0 Å². The second kappa shape index (κ2) is 3.68. The Kier molecular flexibility index (Phi) is 3.03. The summed E-state index contributed by atoms with van der Waals surface area (Å²) < 4.78 is 5.03. The summed E-state index contributed by atoms with van der Waals surface area (Å²) in [4.78, 5) is 0. The van der Waals surface area contributed by atoms with E-state index in [0.29, 0.717) is 0 Å². The molecule has 5 atom stereocenters. The van der Waals surface area contributed by atoms with Gasteiger partial charge in [0.1, 0.15) is 24.4 Å². The summed E-state index contributed by atoms with van der Waals surface area (Å²) in [6.07, 6.45) is -4.65. The van der Waals surface area contributed by atoms with Crippen LogP contribution in [0.15, 0.2) is 0 Å². The number of hydrogen-bond donors (Lipinski definition) is 4. The van der Waals surface area contributed by atoms with Gasteiger partial charge in [-0.15, -0.1) is 0 Å². The van der Waals surface area contributed by atoms with Crippen LogP contribution in [0.4, 0.5) is 0 Å². The summed E-state index contributed by atoms with van der Waals surface area (Å²) in [6, 6.07) is 0. The molecule has 4 N–H and O–H groups in total. The molecule has 0 saturated carbocycles. The summed E-state index contributed by atoms with van der Waals surface area (Å²) in [5.74, 6) is 0. The lowest BCUT2D eigenvalue weighted by Crippen LogP contribution is -2.40. The quantitative estimate of drug-likeness (QED) is 0.387. The largest absolute Gasteiger partial charge is 0.394 e. The lowest BCUT2D eigenvalue weighted by molar-refractivity contribution is -0.0786. The Hall–Kier alpha value is -0.200. The van der Waals surface area contributed by atoms with Crippen molar-refractivity contribution in [1.82, 2.24) is 0 Å². The molecule has 0 unspecified atom stereocenters. The Morgan fingerprint density at radius 2 is 1.92 bits per heavy atom. The van der Waals surface area contributed by atoms with Crippen LogP contribution in [-0.2, 0) is 4.74 Å². The minimum absolute atomic E-state index is 0.485. The summed E-state index contributed by atoms with van der Waals surface area (Å²) >= 11 is 0. The van der Waals surface area contributed by atoms with E-state index in [-0.39, 0.29) is 0 Å². The summed E-state index contributed by atoms with van der Waals surface area (Å²) in [6.45, 7) is 1.11. The van der Waals surface area contributed by atoms with Gasteiger partial charge in [-0.05, 0) is 6.92 Å². The maximum atomic E-state index is 9.28. The van der Waals surface area contributed by atoms with E-state index < -0.39 is 37.1 Å². The highest BCUT2D eigenvalue weighted by atomic mass is 16.6. The third-order valence-corrected chi connectivity index (χ3v) is 2.11. The van der Waals surface area contributed by atoms with Gasteiger partial charge in [0.25, 0.3) is 0 Å². The van der Waals surface area contributed by atoms with Crippen LogP contribution in [-0.4, -0.2) is 57.6 Å². The first-order chi connectivity index (χ1) is 5.57. The van der Waals surface area contributed by atoms with Gasteiger partial charge in [0.15, 0.2) is 0 Å². The number of hydrogen-bond acceptors (Lipinski definition) is 5. The van der Waals surface area contributed by atoms with Gasteiger partial charge in [0.05, 0.1) is 12.7 Å². The number of ether oxygens (including phenoxy) is 1. The van der Waals surface area contributed by atoms with E-state index in [1.807, 2.05) is 0 Å². The number of aliphatic hydroxyl groups is 4. The molecule has 0 amide bonds. The summed E-state index contributed by atoms with van der Waals surface area (Å²) in [7, 11) is 0. The van der Waals surface area contributed by atoms with Crippen molar-refractivity contribution in [2.45, 2.75) is 37.4 Å². The molecule has 0 radical (unpaired) electrons. The molecule has 1 rings (SSSR count). The van der Waals surface area contributed by atoms with Crippen LogP contribution in [0.25, 0.3) is 0 Å². The van der Waals surface area contributed by atoms with Crippen molar-refractivity contribution in [2.75, 3.05) is 6.61 Å². The first-order valence-electron chi connectivity index (χ1n) is 3.88. The highest BCUT2D eigenvalue weighted by Gasteiger charge is 2.43. The van der Waals surface area contributed by atoms with Gasteiger partial charge in [-0.2, -0.15) is 0 Å². The molecule has 0 spiro atoms. The fourth-order valence-electron chi connectivity index (χ4n) is 1.30. The van der Waals surface area contributed by atoms with E-state index in [9.17, 15) is 10.2 Å². The monoisotopic (exact) mass is 178 g/mol. The molecule has 0 aliphatic carbocycles. The average Bonchev–Trinajstić information content (AvgIpc) is 2.32. The molecule has 5 nitrogen and oxygen atoms in total. The lowest BCUT2D eigenvalue weighted by atomic mass is 10.1. The standard InChI is InChI=1S/C7H14O5/c1-3-5(10)6(11)7(12-3)4(9)2-8/h3-11H,2H2,1H3/t3-,4-,5+,6-,7-/m1/s1. The highest BCUT2D eigenvalue weighted by Crippen LogP contribution is 2.22. The van der Waals surface area contributed by atoms with Gasteiger partial charge in [-0.1, -0.05) is 0 Å². The van der Waals surface area contributed by atoms with Gasteiger partial charge >= 0.3 is 0 Å². The van der Waals surface area contributed by atoms with Gasteiger partial charge in [0, 0.05) is 0 Å². The maximum Gasteiger partial charge on any atom is 0.115 e. The van der Waals surface area contributed by atoms with Crippen molar-refractivity contribution in [3.8, 4) is 0 Å². The maximum absolute atomic E-state index is 9.28. The molecule has 1 saturated heterocycles. The molecule has 1 heterocycles. The molecule has 0 aromatic rings. The molecule has 72 valence electrons. The SMILES string of the molecule is C[C@H]1O[C@H]([C@H](O)CO)[C@H](O)[C@H]1O. The zero-order valence-electron chi connectivity index (χ0n) is 6.79. The Morgan fingerprint density at radius 3 is 2.25 bits per heavy atom. The minimum Gasteiger partial charge on any atom is -0.394 e. The van der Waals surface area contributed by atoms with Crippen LogP contribution in [0.2, 0.25) is 0 Å². The third kappa shape index (κ3) is 1.60. The van der Waals surface area contributed by atoms with Crippen molar-refractivity contribution in [2.24, 2.45) is 0 Å². The van der Waals surface area contributed by atoms with Crippen LogP contribution < -0.4 is 0 Å². The smallest absolute Gasteiger partial charge is 0.115 e. The van der Waals surface area contributed by atoms with Gasteiger partial charge < -0.3 is 25.2 Å². The van der Waals surface area contributed by atoms with E-state index in [2.05, 4.69) is 0 Å². The highest BCUT2D eigenvalue weighted by molar-refractivity contribution is 4.91. The molecular formula is C7H14O5. The van der Waals surface area contributed by atoms with Crippen molar-refractivity contribution < 1.29 is 25.2 Å². The molecule has 1 fully saturated rings. The molecular weight excluding hydrogens is 164 g/mol. The Labute approximate surface area is 70.2 Å². The van der Waals surface area contributed by atoms with Crippen LogP contribution in [0, 0.1) is 0 Å². The van der Waals surface area contributed by atoms with Crippen LogP contribution >= 0.6 is 0 Å². The Balaban J connectivity index is 2.58. The van der Waals surface area contributed by atoms with Gasteiger partial charge in [-0.3, -0.25) is 0 Å². The van der Waals surface area contributed by atoms with Crippen molar-refractivity contribution in [3.63, 3.8) is 0 Å². The zero-order chi connectivity index (χ0) is 9.30. The second-order valence-electron chi connectivity index (χ2n) is 3.04. The van der Waals surface area contributed by atoms with Gasteiger partial charge in [-0.25, -0.2) is 0 Å².